The molecule has 74 heavy (non-hydrogen) atoms. The first-order chi connectivity index (χ1) is 31.1. The first kappa shape index (κ1) is 79.4. The molecule has 0 saturated carbocycles. The molecule has 4 aromatic carbocycles. The van der Waals surface area contributed by atoms with Crippen LogP contribution in [0.1, 0.15) is 220 Å². The van der Waals surface area contributed by atoms with Gasteiger partial charge in [-0.15, -0.1) is 0 Å². The van der Waals surface area contributed by atoms with Crippen LogP contribution >= 0.6 is 0 Å². The van der Waals surface area contributed by atoms with Crippen molar-refractivity contribution in [1.29, 1.82) is 0 Å². The summed E-state index contributed by atoms with van der Waals surface area (Å²) in [5, 5.41) is 40.9. The second-order valence-electron chi connectivity index (χ2n) is 25.4. The summed E-state index contributed by atoms with van der Waals surface area (Å²) in [6.07, 6.45) is 6.86. The Bertz CT molecular complexity index is 2230. The Morgan fingerprint density at radius 3 is 0.730 bits per heavy atom. The van der Waals surface area contributed by atoms with E-state index in [-0.39, 0.29) is 113 Å². The topological polar surface area (TPSA) is 130 Å². The largest absolute Gasteiger partial charge is 0.507 e. The van der Waals surface area contributed by atoms with Crippen molar-refractivity contribution in [2.45, 2.75) is 198 Å². The molecule has 0 amide bonds. The fourth-order valence-electron chi connectivity index (χ4n) is 7.21. The molecule has 8 nitrogen and oxygen atoms in total. The van der Waals surface area contributed by atoms with Crippen LogP contribution in [0, 0.1) is 21.8 Å². The number of hydrogen-bond donors (Lipinski definition) is 4. The van der Waals surface area contributed by atoms with Crippen molar-refractivity contribution >= 4 is 24.9 Å². The molecular weight excluding hydrogens is 1070 g/mol. The van der Waals surface area contributed by atoms with Gasteiger partial charge in [0.25, 0.3) is 0 Å². The van der Waals surface area contributed by atoms with Gasteiger partial charge in [-0.1, -0.05) is 177 Å². The van der Waals surface area contributed by atoms with Crippen LogP contribution in [0.3, 0.4) is 0 Å². The maximum absolute atomic E-state index is 10.4. The summed E-state index contributed by atoms with van der Waals surface area (Å²) in [5.41, 5.74) is 12.0. The van der Waals surface area contributed by atoms with Gasteiger partial charge in [0.2, 0.25) is 0 Å². The molecule has 414 valence electrons. The smallest absolute Gasteiger partial charge is 0.128 e. The van der Waals surface area contributed by atoms with Gasteiger partial charge in [0.15, 0.2) is 0 Å². The predicted molar refractivity (Wildman–Crippen MR) is 322 cm³/mol. The van der Waals surface area contributed by atoms with Crippen molar-refractivity contribution in [2.24, 2.45) is 20.0 Å². The number of phenolic OH excluding ortho intramolecular Hbond substituents is 4. The average molecular weight is 1180 g/mol. The number of benzene rings is 4. The zero-order valence-electron chi connectivity index (χ0n) is 51.0. The Balaban J connectivity index is -0.000000280. The standard InChI is InChI=1S/3C16H25NO.C13H19NO.CH4.2CH3.2Zr/c3*1-15(2,3)12-8-11(10-17-7)14(18)13(9-12)16(4,5)6;1-9-6-10(13(2,3)4)7-12(15)11(9)8-14-5;;;;;/h3*8-10,18H,1-7H3;6-8,15H,1-5H3;1H4;2*1H3;;/q;;;;;2*-1;;. The van der Waals surface area contributed by atoms with Crippen molar-refractivity contribution < 1.29 is 72.8 Å². The molecule has 10 heteroatoms. The third-order valence-electron chi connectivity index (χ3n) is 11.7. The van der Waals surface area contributed by atoms with Gasteiger partial charge in [-0.05, 0) is 96.9 Å². The summed E-state index contributed by atoms with van der Waals surface area (Å²) < 4.78 is 0. The minimum absolute atomic E-state index is 0. The van der Waals surface area contributed by atoms with Gasteiger partial charge in [-0.3, -0.25) is 20.0 Å². The monoisotopic (exact) mass is 1170 g/mol. The zero-order chi connectivity index (χ0) is 54.1. The molecule has 0 aliphatic carbocycles. The third-order valence-corrected chi connectivity index (χ3v) is 11.7. The van der Waals surface area contributed by atoms with Gasteiger partial charge in [0.05, 0.1) is 0 Å². The quantitative estimate of drug-likeness (QED) is 0.120. The summed E-state index contributed by atoms with van der Waals surface area (Å²) in [4.78, 5) is 16.0. The van der Waals surface area contributed by atoms with Crippen LogP contribution in [0.4, 0.5) is 0 Å². The summed E-state index contributed by atoms with van der Waals surface area (Å²) in [6.45, 7) is 47.0. The maximum atomic E-state index is 10.4. The average Bonchev–Trinajstić information content (AvgIpc) is 3.16. The van der Waals surface area contributed by atoms with E-state index < -0.39 is 0 Å². The van der Waals surface area contributed by atoms with Gasteiger partial charge >= 0.3 is 0 Å². The van der Waals surface area contributed by atoms with Crippen LogP contribution in [0.5, 0.6) is 23.0 Å². The summed E-state index contributed by atoms with van der Waals surface area (Å²) in [5.74, 6) is 1.36. The molecular formula is C64H104N4O4Zr2-2. The second kappa shape index (κ2) is 31.1. The van der Waals surface area contributed by atoms with Crippen LogP contribution in [0.25, 0.3) is 0 Å². The van der Waals surface area contributed by atoms with Gasteiger partial charge in [0, 0.05) is 144 Å². The molecule has 0 aliphatic rings. The Labute approximate surface area is 492 Å². The van der Waals surface area contributed by atoms with Crippen LogP contribution in [-0.2, 0) is 90.3 Å². The van der Waals surface area contributed by atoms with E-state index in [0.29, 0.717) is 23.0 Å². The molecule has 0 aromatic heterocycles. The molecule has 0 heterocycles. The molecule has 0 fully saturated rings. The predicted octanol–water partition coefficient (Wildman–Crippen LogP) is 16.7. The van der Waals surface area contributed by atoms with E-state index in [1.807, 2.05) is 31.2 Å². The van der Waals surface area contributed by atoms with Crippen molar-refractivity contribution in [1.82, 2.24) is 0 Å². The molecule has 4 rings (SSSR count). The SMILES string of the molecule is C.CN=Cc1c(C)cc(C(C)(C)C)cc1O.CN=Cc1cc(C(C)(C)C)cc(C(C)(C)C)c1O.CN=Cc1cc(C(C)(C)C)cc(C(C)(C)C)c1O.CN=Cc1cc(C(C)(C)C)cc(C(C)(C)C)c1O.[CH3-].[CH3-].[Zr].[Zr]. The Hall–Kier alpha value is -3.47. The van der Waals surface area contributed by atoms with Crippen molar-refractivity contribution in [2.75, 3.05) is 28.2 Å². The van der Waals surface area contributed by atoms with Crippen molar-refractivity contribution in [3.63, 3.8) is 0 Å². The van der Waals surface area contributed by atoms with Crippen LogP contribution in [0.15, 0.2) is 68.5 Å². The minimum Gasteiger partial charge on any atom is -0.507 e. The van der Waals surface area contributed by atoms with E-state index in [0.717, 1.165) is 50.1 Å². The molecule has 0 unspecified atom stereocenters. The van der Waals surface area contributed by atoms with E-state index in [9.17, 15) is 20.4 Å². The van der Waals surface area contributed by atoms with Crippen LogP contribution in [0.2, 0.25) is 0 Å². The van der Waals surface area contributed by atoms with Crippen molar-refractivity contribution in [3.05, 3.63) is 130 Å². The summed E-state index contributed by atoms with van der Waals surface area (Å²) in [6, 6.07) is 16.3. The van der Waals surface area contributed by atoms with E-state index in [1.54, 1.807) is 53.0 Å². The van der Waals surface area contributed by atoms with Crippen LogP contribution < -0.4 is 0 Å². The van der Waals surface area contributed by atoms with Crippen LogP contribution in [-0.4, -0.2) is 73.5 Å². The number of aliphatic imine (C=N–C) groups is 4. The molecule has 4 N–H and O–H groups in total. The first-order valence-electron chi connectivity index (χ1n) is 24.2. The molecule has 0 saturated heterocycles. The van der Waals surface area contributed by atoms with Gasteiger partial charge in [-0.25, -0.2) is 0 Å². The normalized spacial score (nSPS) is 12.2. The fraction of sp³-hybridized carbons (Fsp3) is 0.531. The molecule has 0 aliphatic heterocycles. The van der Waals surface area contributed by atoms with E-state index in [2.05, 4.69) is 190 Å². The summed E-state index contributed by atoms with van der Waals surface area (Å²) >= 11 is 0. The maximum Gasteiger partial charge on any atom is 0.128 e. The summed E-state index contributed by atoms with van der Waals surface area (Å²) in [7, 11) is 6.87. The van der Waals surface area contributed by atoms with E-state index >= 15 is 0 Å². The number of aryl methyl sites for hydroxylation is 1. The van der Waals surface area contributed by atoms with Gasteiger partial charge in [-0.2, -0.15) is 0 Å². The van der Waals surface area contributed by atoms with Gasteiger partial charge < -0.3 is 35.3 Å². The minimum atomic E-state index is -0.0817. The fourth-order valence-corrected chi connectivity index (χ4v) is 7.21. The number of nitrogens with zero attached hydrogens (tertiary/aromatic N) is 4. The first-order valence-corrected chi connectivity index (χ1v) is 24.2. The Kier molecular flexibility index (Phi) is 33.3. The van der Waals surface area contributed by atoms with E-state index in [1.165, 1.54) is 16.7 Å². The second-order valence-corrected chi connectivity index (χ2v) is 25.4. The third kappa shape index (κ3) is 23.8. The Morgan fingerprint density at radius 2 is 0.554 bits per heavy atom. The molecule has 4 aromatic rings. The zero-order valence-corrected chi connectivity index (χ0v) is 55.9. The van der Waals surface area contributed by atoms with Crippen molar-refractivity contribution in [3.8, 4) is 23.0 Å². The number of hydrogen-bond acceptors (Lipinski definition) is 8. The molecule has 0 spiro atoms. The van der Waals surface area contributed by atoms with E-state index in [4.69, 9.17) is 0 Å². The molecule has 0 atom stereocenters. The molecule has 0 radical (unpaired) electrons. The number of phenols is 4. The van der Waals surface area contributed by atoms with Gasteiger partial charge in [0.1, 0.15) is 23.0 Å². The molecule has 0 bridgehead atoms. The number of aromatic hydroxyl groups is 4. The Morgan fingerprint density at radius 1 is 0.338 bits per heavy atom. The number of rotatable bonds is 4.